The topological polar surface area (TPSA) is 128 Å². The molecular weight excluding hydrogens is 422 g/mol. The number of furan rings is 1. The molecule has 4 N–H and O–H groups in total. The van der Waals surface area contributed by atoms with E-state index in [0.29, 0.717) is 39.9 Å². The molecule has 162 valence electrons. The maximum absolute atomic E-state index is 9.51. The van der Waals surface area contributed by atoms with Crippen molar-refractivity contribution in [2.45, 2.75) is 18.9 Å². The standard InChI is InChI=1S/C22H22ClN3O5/c1-2-7-29-15-5-3-13(4-6-15)21-25-20(26-31-21)16-8-14-9-19(22(24,11-27)12-28)30-18(14)10-17(16)23/h3-6,8-10,27-28H,2,7,11-12,24H2,1H3. The average molecular weight is 444 g/mol. The van der Waals surface area contributed by atoms with Gasteiger partial charge in [-0.1, -0.05) is 23.7 Å². The fourth-order valence-electron chi connectivity index (χ4n) is 3.05. The molecular formula is C22H22ClN3O5. The Kier molecular flexibility index (Phi) is 5.97. The number of ether oxygens (including phenoxy) is 1. The third-order valence-corrected chi connectivity index (χ3v) is 5.21. The molecule has 0 spiro atoms. The lowest BCUT2D eigenvalue weighted by Gasteiger charge is -2.21. The molecule has 0 unspecified atom stereocenters. The van der Waals surface area contributed by atoms with Crippen molar-refractivity contribution in [3.63, 3.8) is 0 Å². The molecule has 0 aliphatic heterocycles. The van der Waals surface area contributed by atoms with Crippen LogP contribution in [-0.2, 0) is 5.54 Å². The Morgan fingerprint density at radius 2 is 1.87 bits per heavy atom. The lowest BCUT2D eigenvalue weighted by Crippen LogP contribution is -2.43. The highest BCUT2D eigenvalue weighted by molar-refractivity contribution is 6.34. The Morgan fingerprint density at radius 3 is 2.55 bits per heavy atom. The summed E-state index contributed by atoms with van der Waals surface area (Å²) in [5.74, 6) is 1.69. The molecule has 0 aliphatic rings. The highest BCUT2D eigenvalue weighted by Gasteiger charge is 2.30. The summed E-state index contributed by atoms with van der Waals surface area (Å²) in [5, 5.41) is 24.1. The minimum Gasteiger partial charge on any atom is -0.494 e. The zero-order valence-corrected chi connectivity index (χ0v) is 17.6. The van der Waals surface area contributed by atoms with Crippen LogP contribution in [0.1, 0.15) is 19.1 Å². The highest BCUT2D eigenvalue weighted by atomic mass is 35.5. The van der Waals surface area contributed by atoms with E-state index in [4.69, 9.17) is 31.0 Å². The monoisotopic (exact) mass is 443 g/mol. The van der Waals surface area contributed by atoms with Crippen LogP contribution in [0.25, 0.3) is 33.8 Å². The van der Waals surface area contributed by atoms with Crippen molar-refractivity contribution >= 4 is 22.6 Å². The van der Waals surface area contributed by atoms with Gasteiger partial charge in [-0.3, -0.25) is 0 Å². The quantitative estimate of drug-likeness (QED) is 0.376. The van der Waals surface area contributed by atoms with E-state index in [1.165, 1.54) is 0 Å². The number of aromatic nitrogens is 2. The van der Waals surface area contributed by atoms with Crippen LogP contribution in [0, 0.1) is 0 Å². The predicted octanol–water partition coefficient (Wildman–Crippen LogP) is 3.73. The van der Waals surface area contributed by atoms with E-state index in [-0.39, 0.29) is 5.76 Å². The van der Waals surface area contributed by atoms with E-state index in [0.717, 1.165) is 17.7 Å². The van der Waals surface area contributed by atoms with Crippen molar-refractivity contribution in [3.05, 3.63) is 53.2 Å². The van der Waals surface area contributed by atoms with E-state index >= 15 is 0 Å². The van der Waals surface area contributed by atoms with E-state index in [1.54, 1.807) is 18.2 Å². The summed E-state index contributed by atoms with van der Waals surface area (Å²) in [4.78, 5) is 4.46. The normalized spacial score (nSPS) is 11.9. The van der Waals surface area contributed by atoms with Crippen LogP contribution in [0.3, 0.4) is 0 Å². The molecule has 0 amide bonds. The Balaban J connectivity index is 1.65. The van der Waals surface area contributed by atoms with Crippen molar-refractivity contribution in [2.24, 2.45) is 5.73 Å². The molecule has 0 saturated carbocycles. The number of aliphatic hydroxyl groups excluding tert-OH is 2. The number of aliphatic hydroxyl groups is 2. The molecule has 4 aromatic rings. The van der Waals surface area contributed by atoms with Gasteiger partial charge in [0.2, 0.25) is 5.82 Å². The molecule has 0 aliphatic carbocycles. The van der Waals surface area contributed by atoms with Crippen LogP contribution in [0.4, 0.5) is 0 Å². The number of halogens is 1. The van der Waals surface area contributed by atoms with E-state index in [2.05, 4.69) is 10.1 Å². The van der Waals surface area contributed by atoms with Gasteiger partial charge in [-0.25, -0.2) is 0 Å². The number of rotatable bonds is 8. The molecule has 0 atom stereocenters. The van der Waals surface area contributed by atoms with Crippen LogP contribution < -0.4 is 10.5 Å². The third-order valence-electron chi connectivity index (χ3n) is 4.90. The Labute approximate surface area is 183 Å². The van der Waals surface area contributed by atoms with Crippen molar-refractivity contribution in [1.29, 1.82) is 0 Å². The summed E-state index contributed by atoms with van der Waals surface area (Å²) in [7, 11) is 0. The van der Waals surface area contributed by atoms with Crippen molar-refractivity contribution < 1.29 is 23.9 Å². The SMILES string of the molecule is CCCOc1ccc(-c2nc(-c3cc4cc(C(N)(CO)CO)oc4cc3Cl)no2)cc1. The fourth-order valence-corrected chi connectivity index (χ4v) is 3.29. The van der Waals surface area contributed by atoms with E-state index in [9.17, 15) is 10.2 Å². The second kappa shape index (κ2) is 8.68. The van der Waals surface area contributed by atoms with Gasteiger partial charge in [-0.05, 0) is 42.8 Å². The van der Waals surface area contributed by atoms with Gasteiger partial charge in [0, 0.05) is 22.6 Å². The molecule has 2 aromatic heterocycles. The number of nitrogens with two attached hydrogens (primary N) is 1. The minimum atomic E-state index is -1.39. The Bertz CT molecular complexity index is 1180. The van der Waals surface area contributed by atoms with Crippen LogP contribution in [0.2, 0.25) is 5.02 Å². The summed E-state index contributed by atoms with van der Waals surface area (Å²) >= 11 is 6.43. The fraction of sp³-hybridized carbons (Fsp3) is 0.273. The smallest absolute Gasteiger partial charge is 0.258 e. The van der Waals surface area contributed by atoms with Gasteiger partial charge in [0.05, 0.1) is 24.8 Å². The van der Waals surface area contributed by atoms with Crippen LogP contribution >= 0.6 is 11.6 Å². The summed E-state index contributed by atoms with van der Waals surface area (Å²) < 4.78 is 16.7. The molecule has 0 saturated heterocycles. The number of nitrogens with zero attached hydrogens (tertiary/aromatic N) is 2. The predicted molar refractivity (Wildman–Crippen MR) is 116 cm³/mol. The third kappa shape index (κ3) is 4.15. The number of hydrogen-bond acceptors (Lipinski definition) is 8. The van der Waals surface area contributed by atoms with Crippen molar-refractivity contribution in [2.75, 3.05) is 19.8 Å². The van der Waals surface area contributed by atoms with Gasteiger partial charge in [-0.2, -0.15) is 4.98 Å². The lowest BCUT2D eigenvalue weighted by atomic mass is 10.00. The maximum atomic E-state index is 9.51. The molecule has 2 aromatic carbocycles. The lowest BCUT2D eigenvalue weighted by molar-refractivity contribution is 0.105. The Hall–Kier alpha value is -2.91. The van der Waals surface area contributed by atoms with Gasteiger partial charge in [0.15, 0.2) is 0 Å². The molecule has 0 radical (unpaired) electrons. The number of fused-ring (bicyclic) bond motifs is 1. The molecule has 8 nitrogen and oxygen atoms in total. The first kappa shape index (κ1) is 21.3. The van der Waals surface area contributed by atoms with Gasteiger partial charge in [-0.15, -0.1) is 0 Å². The second-order valence-electron chi connectivity index (χ2n) is 7.25. The van der Waals surface area contributed by atoms with E-state index in [1.807, 2.05) is 31.2 Å². The maximum Gasteiger partial charge on any atom is 0.258 e. The molecule has 0 fully saturated rings. The summed E-state index contributed by atoms with van der Waals surface area (Å²) in [5.41, 5.74) is 6.38. The average Bonchev–Trinajstić information content (AvgIpc) is 3.44. The first-order chi connectivity index (χ1) is 15.0. The van der Waals surface area contributed by atoms with Crippen LogP contribution in [-0.4, -0.2) is 40.2 Å². The van der Waals surface area contributed by atoms with Crippen LogP contribution in [0.15, 0.2) is 51.4 Å². The van der Waals surface area contributed by atoms with Gasteiger partial charge >= 0.3 is 0 Å². The van der Waals surface area contributed by atoms with Gasteiger partial charge in [0.25, 0.3) is 5.89 Å². The first-order valence-corrected chi connectivity index (χ1v) is 10.2. The van der Waals surface area contributed by atoms with Crippen LogP contribution in [0.5, 0.6) is 5.75 Å². The molecule has 2 heterocycles. The highest BCUT2D eigenvalue weighted by Crippen LogP contribution is 2.35. The van der Waals surface area contributed by atoms with Crippen molar-refractivity contribution in [1.82, 2.24) is 10.1 Å². The second-order valence-corrected chi connectivity index (χ2v) is 7.66. The van der Waals surface area contributed by atoms with Crippen molar-refractivity contribution in [3.8, 4) is 28.6 Å². The number of benzene rings is 2. The Morgan fingerprint density at radius 1 is 1.13 bits per heavy atom. The number of hydrogen-bond donors (Lipinski definition) is 3. The van der Waals surface area contributed by atoms with Gasteiger partial charge < -0.3 is 29.6 Å². The summed E-state index contributed by atoms with van der Waals surface area (Å²) in [6.45, 7) is 1.76. The van der Waals surface area contributed by atoms with E-state index < -0.39 is 18.8 Å². The molecule has 4 rings (SSSR count). The first-order valence-electron chi connectivity index (χ1n) is 9.79. The summed E-state index contributed by atoms with van der Waals surface area (Å²) in [6, 6.07) is 12.4. The zero-order valence-electron chi connectivity index (χ0n) is 16.8. The molecule has 31 heavy (non-hydrogen) atoms. The van der Waals surface area contributed by atoms with Gasteiger partial charge in [0.1, 0.15) is 22.6 Å². The summed E-state index contributed by atoms with van der Waals surface area (Å²) in [6.07, 6.45) is 0.935. The molecule has 0 bridgehead atoms. The largest absolute Gasteiger partial charge is 0.494 e. The zero-order chi connectivity index (χ0) is 22.0. The molecule has 9 heteroatoms. The minimum absolute atomic E-state index is 0.250.